The summed E-state index contributed by atoms with van der Waals surface area (Å²) in [5.74, 6) is -0.333. The number of amides is 1. The molecule has 1 N–H and O–H groups in total. The molecule has 8 heteroatoms. The molecule has 1 amide bonds. The second kappa shape index (κ2) is 8.15. The molecule has 0 spiro atoms. The van der Waals surface area contributed by atoms with Crippen molar-refractivity contribution in [1.29, 1.82) is 0 Å². The second-order valence-electron chi connectivity index (χ2n) is 8.43. The summed E-state index contributed by atoms with van der Waals surface area (Å²) in [5, 5.41) is 10.00. The van der Waals surface area contributed by atoms with E-state index in [1.54, 1.807) is 6.07 Å². The van der Waals surface area contributed by atoms with Gasteiger partial charge in [-0.1, -0.05) is 6.07 Å². The first-order chi connectivity index (χ1) is 14.7. The van der Waals surface area contributed by atoms with Gasteiger partial charge in [-0.05, 0) is 61.9 Å². The third-order valence-corrected chi connectivity index (χ3v) is 6.75. The van der Waals surface area contributed by atoms with Crippen molar-refractivity contribution in [2.75, 3.05) is 19.6 Å². The molecule has 0 saturated carbocycles. The minimum absolute atomic E-state index is 0.0935. The van der Waals surface area contributed by atoms with E-state index in [1.165, 1.54) is 10.5 Å². The maximum absolute atomic E-state index is 13.4. The Morgan fingerprint density at radius 1 is 1.13 bits per heavy atom. The fourth-order valence-corrected chi connectivity index (χ4v) is 4.94. The Hall–Kier alpha value is -2.61. The van der Waals surface area contributed by atoms with Gasteiger partial charge in [-0.15, -0.1) is 0 Å². The monoisotopic (exact) mass is 433 g/mol. The number of fused-ring (bicyclic) bond motifs is 1. The summed E-state index contributed by atoms with van der Waals surface area (Å²) in [6.07, 6.45) is 0.342. The number of benzene rings is 1. The van der Waals surface area contributed by atoms with Crippen LogP contribution in [0.4, 0.5) is 13.2 Å². The zero-order valence-electron chi connectivity index (χ0n) is 17.6. The fourth-order valence-electron chi connectivity index (χ4n) is 4.94. The van der Waals surface area contributed by atoms with Crippen LogP contribution in [-0.4, -0.2) is 51.5 Å². The molecule has 1 aromatic heterocycles. The number of aromatic hydroxyl groups is 1. The van der Waals surface area contributed by atoms with Gasteiger partial charge in [-0.3, -0.25) is 14.7 Å². The van der Waals surface area contributed by atoms with E-state index < -0.39 is 17.6 Å². The molecule has 1 aromatic carbocycles. The highest BCUT2D eigenvalue weighted by molar-refractivity contribution is 5.95. The predicted octanol–water partition coefficient (Wildman–Crippen LogP) is 4.47. The zero-order chi connectivity index (χ0) is 22.3. The number of aromatic nitrogens is 1. The van der Waals surface area contributed by atoms with Crippen molar-refractivity contribution < 1.29 is 23.1 Å². The Kier molecular flexibility index (Phi) is 5.68. The van der Waals surface area contributed by atoms with Crippen LogP contribution < -0.4 is 0 Å². The Morgan fingerprint density at radius 3 is 2.65 bits per heavy atom. The Balaban J connectivity index is 1.55. The maximum Gasteiger partial charge on any atom is 0.417 e. The molecule has 0 radical (unpaired) electrons. The molecule has 5 nitrogen and oxygen atoms in total. The smallest absolute Gasteiger partial charge is 0.417 e. The standard InChI is InChI=1S/C23H26F3N3O2/c1-14-15(2)21(30)7-6-17(14)20-5-3-4-16-13-28(10-11-29(16)20)22(31)18-12-27-9-8-19(18)23(24,25)26/h6-9,12,16,20,30H,3-5,10-11,13H2,1-2H3/t16?,20-/m1/s1. The van der Waals surface area contributed by atoms with E-state index in [2.05, 4.69) is 9.88 Å². The summed E-state index contributed by atoms with van der Waals surface area (Å²) in [7, 11) is 0. The molecule has 0 bridgehead atoms. The van der Waals surface area contributed by atoms with Gasteiger partial charge in [0.2, 0.25) is 0 Å². The number of carbonyl (C=O) groups excluding carboxylic acids is 1. The van der Waals surface area contributed by atoms with E-state index in [9.17, 15) is 23.1 Å². The van der Waals surface area contributed by atoms with Crippen molar-refractivity contribution in [3.63, 3.8) is 0 Å². The van der Waals surface area contributed by atoms with Gasteiger partial charge in [-0.25, -0.2) is 0 Å². The number of rotatable bonds is 2. The number of piperidine rings is 1. The van der Waals surface area contributed by atoms with E-state index in [4.69, 9.17) is 0 Å². The second-order valence-corrected chi connectivity index (χ2v) is 8.43. The minimum Gasteiger partial charge on any atom is -0.508 e. The summed E-state index contributed by atoms with van der Waals surface area (Å²) >= 11 is 0. The first-order valence-electron chi connectivity index (χ1n) is 10.5. The highest BCUT2D eigenvalue weighted by Crippen LogP contribution is 2.40. The third kappa shape index (κ3) is 4.01. The fraction of sp³-hybridized carbons (Fsp3) is 0.478. The number of carbonyl (C=O) groups is 1. The molecule has 4 rings (SSSR count). The molecule has 2 fully saturated rings. The summed E-state index contributed by atoms with van der Waals surface area (Å²) in [6.45, 7) is 5.28. The molecule has 31 heavy (non-hydrogen) atoms. The molecular weight excluding hydrogens is 407 g/mol. The lowest BCUT2D eigenvalue weighted by molar-refractivity contribution is -0.138. The maximum atomic E-state index is 13.4. The normalized spacial score (nSPS) is 22.3. The van der Waals surface area contributed by atoms with E-state index in [1.807, 2.05) is 19.9 Å². The van der Waals surface area contributed by atoms with Gasteiger partial charge in [0, 0.05) is 44.1 Å². The van der Waals surface area contributed by atoms with Crippen LogP contribution >= 0.6 is 0 Å². The van der Waals surface area contributed by atoms with Crippen molar-refractivity contribution in [2.24, 2.45) is 0 Å². The number of alkyl halides is 3. The van der Waals surface area contributed by atoms with Crippen LogP contribution in [0.3, 0.4) is 0 Å². The topological polar surface area (TPSA) is 56.7 Å². The molecule has 2 saturated heterocycles. The van der Waals surface area contributed by atoms with Crippen molar-refractivity contribution >= 4 is 5.91 Å². The van der Waals surface area contributed by atoms with E-state index in [0.29, 0.717) is 19.6 Å². The third-order valence-electron chi connectivity index (χ3n) is 6.75. The van der Waals surface area contributed by atoms with Gasteiger partial charge in [0.1, 0.15) is 5.75 Å². The molecule has 2 aliphatic rings. The van der Waals surface area contributed by atoms with E-state index >= 15 is 0 Å². The first kappa shape index (κ1) is 21.6. The number of hydrogen-bond donors (Lipinski definition) is 1. The highest BCUT2D eigenvalue weighted by Gasteiger charge is 2.40. The minimum atomic E-state index is -4.60. The molecule has 2 aliphatic heterocycles. The van der Waals surface area contributed by atoms with Crippen LogP contribution in [0.25, 0.3) is 0 Å². The van der Waals surface area contributed by atoms with Crippen molar-refractivity contribution in [3.8, 4) is 5.75 Å². The number of piperazine rings is 1. The Morgan fingerprint density at radius 2 is 1.90 bits per heavy atom. The van der Waals surface area contributed by atoms with Gasteiger partial charge >= 0.3 is 6.18 Å². The van der Waals surface area contributed by atoms with Crippen LogP contribution in [0.15, 0.2) is 30.6 Å². The van der Waals surface area contributed by atoms with Gasteiger partial charge in [0.25, 0.3) is 5.91 Å². The summed E-state index contributed by atoms with van der Waals surface area (Å²) < 4.78 is 40.1. The number of halogens is 3. The lowest BCUT2D eigenvalue weighted by atomic mass is 9.86. The van der Waals surface area contributed by atoms with Crippen LogP contribution in [-0.2, 0) is 6.18 Å². The zero-order valence-corrected chi connectivity index (χ0v) is 17.6. The lowest BCUT2D eigenvalue weighted by Gasteiger charge is -2.49. The van der Waals surface area contributed by atoms with Crippen molar-refractivity contribution in [1.82, 2.24) is 14.8 Å². The summed E-state index contributed by atoms with van der Waals surface area (Å²) in [6, 6.07) is 4.82. The van der Waals surface area contributed by atoms with Crippen LogP contribution in [0.1, 0.15) is 57.9 Å². The molecule has 2 atom stereocenters. The largest absolute Gasteiger partial charge is 0.508 e. The molecular formula is C23H26F3N3O2. The number of nitrogens with zero attached hydrogens (tertiary/aromatic N) is 3. The average molecular weight is 433 g/mol. The molecule has 1 unspecified atom stereocenters. The van der Waals surface area contributed by atoms with Crippen LogP contribution in [0, 0.1) is 13.8 Å². The van der Waals surface area contributed by atoms with Gasteiger partial charge in [0.05, 0.1) is 11.1 Å². The summed E-state index contributed by atoms with van der Waals surface area (Å²) in [4.78, 5) is 20.6. The first-order valence-corrected chi connectivity index (χ1v) is 10.5. The van der Waals surface area contributed by atoms with E-state index in [0.717, 1.165) is 48.8 Å². The molecule has 3 heterocycles. The van der Waals surface area contributed by atoms with Crippen molar-refractivity contribution in [3.05, 3.63) is 58.4 Å². The number of phenols is 1. The quantitative estimate of drug-likeness (QED) is 0.759. The summed E-state index contributed by atoms with van der Waals surface area (Å²) in [5.41, 5.74) is 1.78. The Bertz CT molecular complexity index is 993. The van der Waals surface area contributed by atoms with Gasteiger partial charge in [-0.2, -0.15) is 13.2 Å². The van der Waals surface area contributed by atoms with Gasteiger partial charge in [0.15, 0.2) is 0 Å². The molecule has 2 aromatic rings. The van der Waals surface area contributed by atoms with Gasteiger partial charge < -0.3 is 10.0 Å². The van der Waals surface area contributed by atoms with Crippen LogP contribution in [0.2, 0.25) is 0 Å². The average Bonchev–Trinajstić information content (AvgIpc) is 2.76. The lowest BCUT2D eigenvalue weighted by Crippen LogP contribution is -2.57. The van der Waals surface area contributed by atoms with Crippen molar-refractivity contribution in [2.45, 2.75) is 51.4 Å². The SMILES string of the molecule is Cc1c(O)ccc([C@H]2CCCC3CN(C(=O)c4cnccc4C(F)(F)F)CCN32)c1C. The van der Waals surface area contributed by atoms with E-state index in [-0.39, 0.29) is 23.4 Å². The number of pyridine rings is 1. The highest BCUT2D eigenvalue weighted by atomic mass is 19.4. The Labute approximate surface area is 179 Å². The number of hydrogen-bond acceptors (Lipinski definition) is 4. The molecule has 166 valence electrons. The van der Waals surface area contributed by atoms with Crippen LogP contribution in [0.5, 0.6) is 5.75 Å². The molecule has 0 aliphatic carbocycles. The number of phenolic OH excluding ortho intramolecular Hbond substituents is 1. The predicted molar refractivity (Wildman–Crippen MR) is 110 cm³/mol.